The van der Waals surface area contributed by atoms with Gasteiger partial charge < -0.3 is 24.4 Å². The molecule has 39 heavy (non-hydrogen) atoms. The highest BCUT2D eigenvalue weighted by Crippen LogP contribution is 2.67. The fourth-order valence-corrected chi connectivity index (χ4v) is 8.10. The van der Waals surface area contributed by atoms with Crippen LogP contribution in [0, 0.1) is 16.7 Å². The minimum atomic E-state index is -2.25. The molecular weight excluding hydrogens is 502 g/mol. The molecule has 3 rings (SSSR count). The lowest BCUT2D eigenvalue weighted by molar-refractivity contribution is -0.370. The summed E-state index contributed by atoms with van der Waals surface area (Å²) in [6.45, 7) is 19.5. The molecule has 0 unspecified atom stereocenters. The van der Waals surface area contributed by atoms with Gasteiger partial charge in [-0.15, -0.1) is 6.58 Å². The molecular formula is C30H49NO8. The quantitative estimate of drug-likeness (QED) is 0.329. The van der Waals surface area contributed by atoms with Crippen LogP contribution in [0.1, 0.15) is 87.5 Å². The molecule has 2 aliphatic carbocycles. The van der Waals surface area contributed by atoms with E-state index in [1.165, 1.54) is 19.9 Å². The SMILES string of the molecule is C=C[C@@]1(C)CC(=O)[C@]2(O)[C@@]3(C)[C@@H](OC(=O)CN(CCC)CCC)CCC(C)(C)[C@@H]3[C@H](O)[C@H](OC(C)=O)[C@@]2(C)O1. The van der Waals surface area contributed by atoms with Gasteiger partial charge in [-0.1, -0.05) is 40.7 Å². The van der Waals surface area contributed by atoms with Crippen molar-refractivity contribution in [3.8, 4) is 0 Å². The van der Waals surface area contributed by atoms with E-state index in [2.05, 4.69) is 6.58 Å². The summed E-state index contributed by atoms with van der Waals surface area (Å²) in [5.74, 6) is -2.39. The number of nitrogens with zero attached hydrogens (tertiary/aromatic N) is 1. The van der Waals surface area contributed by atoms with Crippen molar-refractivity contribution in [1.29, 1.82) is 0 Å². The number of carbonyl (C=O) groups is 3. The minimum Gasteiger partial charge on any atom is -0.461 e. The molecule has 9 heteroatoms. The first-order valence-corrected chi connectivity index (χ1v) is 14.3. The monoisotopic (exact) mass is 551 g/mol. The third kappa shape index (κ3) is 4.98. The first kappa shape index (κ1) is 31.7. The van der Waals surface area contributed by atoms with E-state index in [1.807, 2.05) is 32.6 Å². The predicted molar refractivity (Wildman–Crippen MR) is 146 cm³/mol. The van der Waals surface area contributed by atoms with Gasteiger partial charge >= 0.3 is 11.9 Å². The van der Waals surface area contributed by atoms with Crippen molar-refractivity contribution in [2.45, 2.75) is 123 Å². The van der Waals surface area contributed by atoms with Gasteiger partial charge in [0.1, 0.15) is 11.7 Å². The fraction of sp³-hybridized carbons (Fsp3) is 0.833. The van der Waals surface area contributed by atoms with Crippen molar-refractivity contribution < 1.29 is 38.8 Å². The molecule has 1 aliphatic heterocycles. The van der Waals surface area contributed by atoms with Gasteiger partial charge in [0.25, 0.3) is 0 Å². The van der Waals surface area contributed by atoms with Crippen molar-refractivity contribution in [3.63, 3.8) is 0 Å². The summed E-state index contributed by atoms with van der Waals surface area (Å²) in [6.07, 6.45) is 0.511. The number of hydrogen-bond donors (Lipinski definition) is 2. The molecule has 0 aromatic heterocycles. The zero-order chi connectivity index (χ0) is 29.6. The van der Waals surface area contributed by atoms with Crippen LogP contribution in [-0.2, 0) is 28.6 Å². The Kier molecular flexibility index (Phi) is 8.84. The Morgan fingerprint density at radius 3 is 2.23 bits per heavy atom. The van der Waals surface area contributed by atoms with Crippen LogP contribution < -0.4 is 0 Å². The van der Waals surface area contributed by atoms with Crippen LogP contribution in [-0.4, -0.2) is 87.6 Å². The number of rotatable bonds is 9. The van der Waals surface area contributed by atoms with Crippen LogP contribution >= 0.6 is 0 Å². The standard InChI is InChI=1S/C30H49NO8/c1-10-15-31(16-11-2)18-22(34)38-21-13-14-26(5,6)24-23(35)25(37-19(4)32)29(9)30(36,28(21,24)8)20(33)17-27(7,12-3)39-29/h12,21,23-25,35-36H,3,10-11,13-18H2,1-2,4-9H3/t21-,23-,24-,25-,27-,28-,29+,30-/m0/s1. The Morgan fingerprint density at radius 2 is 1.72 bits per heavy atom. The molecule has 8 atom stereocenters. The maximum absolute atomic E-state index is 14.2. The summed E-state index contributed by atoms with van der Waals surface area (Å²) in [5, 5.41) is 24.7. The predicted octanol–water partition coefficient (Wildman–Crippen LogP) is 3.19. The molecule has 0 radical (unpaired) electrons. The average Bonchev–Trinajstić information content (AvgIpc) is 2.82. The average molecular weight is 552 g/mol. The molecule has 3 fully saturated rings. The number of aliphatic hydroxyl groups is 2. The van der Waals surface area contributed by atoms with Crippen molar-refractivity contribution in [3.05, 3.63) is 12.7 Å². The number of Topliss-reactive ketones (excluding diaryl/α,β-unsaturated/α-hetero) is 1. The number of ether oxygens (including phenoxy) is 3. The van der Waals surface area contributed by atoms with E-state index in [0.717, 1.165) is 25.9 Å². The summed E-state index contributed by atoms with van der Waals surface area (Å²) in [7, 11) is 0. The zero-order valence-corrected chi connectivity index (χ0v) is 25.0. The number of esters is 2. The number of fused-ring (bicyclic) bond motifs is 3. The minimum absolute atomic E-state index is 0.0929. The Bertz CT molecular complexity index is 976. The van der Waals surface area contributed by atoms with Crippen LogP contribution in [0.3, 0.4) is 0 Å². The lowest BCUT2D eigenvalue weighted by Crippen LogP contribution is -2.87. The third-order valence-corrected chi connectivity index (χ3v) is 9.69. The van der Waals surface area contributed by atoms with Crippen molar-refractivity contribution in [2.24, 2.45) is 16.7 Å². The van der Waals surface area contributed by atoms with Crippen LogP contribution in [0.15, 0.2) is 12.7 Å². The van der Waals surface area contributed by atoms with Gasteiger partial charge in [-0.25, -0.2) is 0 Å². The summed E-state index contributed by atoms with van der Waals surface area (Å²) in [5.41, 5.74) is -7.31. The molecule has 3 aliphatic rings. The topological polar surface area (TPSA) is 123 Å². The molecule has 2 N–H and O–H groups in total. The Hall–Kier alpha value is -1.81. The van der Waals surface area contributed by atoms with E-state index < -0.39 is 69.6 Å². The van der Waals surface area contributed by atoms with E-state index in [-0.39, 0.29) is 13.0 Å². The highest BCUT2D eigenvalue weighted by Gasteiger charge is 2.82. The Balaban J connectivity index is 2.17. The molecule has 0 bridgehead atoms. The maximum atomic E-state index is 14.2. The first-order chi connectivity index (χ1) is 18.0. The molecule has 0 amide bonds. The smallest absolute Gasteiger partial charge is 0.320 e. The van der Waals surface area contributed by atoms with Crippen LogP contribution in [0.2, 0.25) is 0 Å². The highest BCUT2D eigenvalue weighted by atomic mass is 16.6. The van der Waals surface area contributed by atoms with E-state index in [0.29, 0.717) is 12.8 Å². The second kappa shape index (κ2) is 10.9. The number of ketones is 1. The highest BCUT2D eigenvalue weighted by molar-refractivity contribution is 5.92. The Labute approximate surface area is 233 Å². The largest absolute Gasteiger partial charge is 0.461 e. The van der Waals surface area contributed by atoms with Gasteiger partial charge in [-0.05, 0) is 58.0 Å². The van der Waals surface area contributed by atoms with Crippen LogP contribution in [0.5, 0.6) is 0 Å². The van der Waals surface area contributed by atoms with Gasteiger partial charge in [0.15, 0.2) is 17.5 Å². The molecule has 9 nitrogen and oxygen atoms in total. The van der Waals surface area contributed by atoms with Gasteiger partial charge in [-0.2, -0.15) is 0 Å². The molecule has 1 heterocycles. The second-order valence-electron chi connectivity index (χ2n) is 13.1. The summed E-state index contributed by atoms with van der Waals surface area (Å²) >= 11 is 0. The summed E-state index contributed by atoms with van der Waals surface area (Å²) in [4.78, 5) is 41.8. The van der Waals surface area contributed by atoms with Crippen molar-refractivity contribution in [1.82, 2.24) is 4.90 Å². The first-order valence-electron chi connectivity index (χ1n) is 14.3. The molecule has 0 spiro atoms. The van der Waals surface area contributed by atoms with Crippen molar-refractivity contribution >= 4 is 17.7 Å². The van der Waals surface area contributed by atoms with E-state index in [4.69, 9.17) is 14.2 Å². The number of aliphatic hydroxyl groups excluding tert-OH is 1. The maximum Gasteiger partial charge on any atom is 0.320 e. The van der Waals surface area contributed by atoms with Crippen LogP contribution in [0.25, 0.3) is 0 Å². The van der Waals surface area contributed by atoms with Crippen molar-refractivity contribution in [2.75, 3.05) is 19.6 Å². The normalized spacial score (nSPS) is 41.4. The van der Waals surface area contributed by atoms with E-state index in [9.17, 15) is 24.6 Å². The van der Waals surface area contributed by atoms with Crippen LogP contribution in [0.4, 0.5) is 0 Å². The second-order valence-corrected chi connectivity index (χ2v) is 13.1. The van der Waals surface area contributed by atoms with Gasteiger partial charge in [0.05, 0.1) is 18.2 Å². The van der Waals surface area contributed by atoms with E-state index in [1.54, 1.807) is 13.8 Å². The molecule has 222 valence electrons. The molecule has 2 saturated carbocycles. The summed E-state index contributed by atoms with van der Waals surface area (Å²) < 4.78 is 18.3. The molecule has 0 aromatic carbocycles. The number of carbonyl (C=O) groups excluding carboxylic acids is 3. The Morgan fingerprint density at radius 1 is 1.13 bits per heavy atom. The zero-order valence-electron chi connectivity index (χ0n) is 25.0. The lowest BCUT2D eigenvalue weighted by atomic mass is 9.39. The fourth-order valence-electron chi connectivity index (χ4n) is 8.10. The molecule has 0 aromatic rings. The lowest BCUT2D eigenvalue weighted by Gasteiger charge is -2.71. The number of hydrogen-bond acceptors (Lipinski definition) is 9. The third-order valence-electron chi connectivity index (χ3n) is 9.69. The van der Waals surface area contributed by atoms with Gasteiger partial charge in [0.2, 0.25) is 0 Å². The summed E-state index contributed by atoms with van der Waals surface area (Å²) in [6, 6.07) is 0. The van der Waals surface area contributed by atoms with Gasteiger partial charge in [0, 0.05) is 24.7 Å². The molecule has 1 saturated heterocycles. The van der Waals surface area contributed by atoms with Gasteiger partial charge in [-0.3, -0.25) is 19.3 Å². The van der Waals surface area contributed by atoms with E-state index >= 15 is 0 Å².